The number of carbonyl (C=O) groups excluding carboxylic acids is 1. The number of aryl methyl sites for hydroxylation is 3. The minimum absolute atomic E-state index is 0.0311. The smallest absolute Gasteiger partial charge is 0.224 e. The predicted molar refractivity (Wildman–Crippen MR) is 102 cm³/mol. The van der Waals surface area contributed by atoms with Gasteiger partial charge in [0, 0.05) is 16.6 Å². The molecule has 0 spiro atoms. The molecular weight excluding hydrogens is 380 g/mol. The first kappa shape index (κ1) is 17.4. The predicted octanol–water partition coefficient (Wildman–Crippen LogP) is 4.22. The largest absolute Gasteiger partial charge is 0.325 e. The van der Waals surface area contributed by atoms with Gasteiger partial charge in [-0.1, -0.05) is 34.1 Å². The number of amides is 1. The number of hydrogen-bond acceptors (Lipinski definition) is 3. The van der Waals surface area contributed by atoms with Crippen LogP contribution in [0.1, 0.15) is 23.4 Å². The number of aromatic nitrogens is 3. The van der Waals surface area contributed by atoms with Crippen molar-refractivity contribution >= 4 is 27.5 Å². The second-order valence-electron chi connectivity index (χ2n) is 5.88. The van der Waals surface area contributed by atoms with Crippen molar-refractivity contribution in [2.45, 2.75) is 26.7 Å². The van der Waals surface area contributed by atoms with Crippen molar-refractivity contribution in [1.29, 1.82) is 0 Å². The molecule has 5 nitrogen and oxygen atoms in total. The third-order valence-electron chi connectivity index (χ3n) is 3.84. The number of carbonyl (C=O) groups is 1. The molecule has 3 aromatic rings. The second-order valence-corrected chi connectivity index (χ2v) is 6.74. The summed E-state index contributed by atoms with van der Waals surface area (Å²) in [5.74, 6) is 0.702. The Kier molecular flexibility index (Phi) is 5.28. The molecule has 128 valence electrons. The number of hydrogen-bond donors (Lipinski definition) is 1. The quantitative estimate of drug-likeness (QED) is 0.699. The minimum Gasteiger partial charge on any atom is -0.325 e. The maximum atomic E-state index is 12.1. The Bertz CT molecular complexity index is 887. The summed E-state index contributed by atoms with van der Waals surface area (Å²) >= 11 is 3.50. The fourth-order valence-electron chi connectivity index (χ4n) is 2.62. The highest BCUT2D eigenvalue weighted by Crippen LogP contribution is 2.18. The zero-order valence-corrected chi connectivity index (χ0v) is 15.7. The number of nitrogens with one attached hydrogen (secondary N) is 1. The first-order valence-corrected chi connectivity index (χ1v) is 8.85. The molecule has 2 aromatic heterocycles. The fraction of sp³-hybridized carbons (Fsp3) is 0.211. The van der Waals surface area contributed by atoms with Gasteiger partial charge in [0.15, 0.2) is 5.82 Å². The van der Waals surface area contributed by atoms with Crippen molar-refractivity contribution in [3.8, 4) is 5.82 Å². The van der Waals surface area contributed by atoms with E-state index in [1.54, 1.807) is 10.9 Å². The van der Waals surface area contributed by atoms with Crippen LogP contribution >= 0.6 is 15.9 Å². The van der Waals surface area contributed by atoms with Gasteiger partial charge in [-0.05, 0) is 50.1 Å². The van der Waals surface area contributed by atoms with Gasteiger partial charge in [-0.15, -0.1) is 0 Å². The number of halogens is 1. The van der Waals surface area contributed by atoms with Crippen molar-refractivity contribution in [2.24, 2.45) is 0 Å². The molecule has 0 aliphatic carbocycles. The van der Waals surface area contributed by atoms with Crippen LogP contribution in [0, 0.1) is 13.8 Å². The monoisotopic (exact) mass is 398 g/mol. The zero-order valence-electron chi connectivity index (χ0n) is 14.2. The van der Waals surface area contributed by atoms with E-state index >= 15 is 0 Å². The lowest BCUT2D eigenvalue weighted by atomic mass is 10.1. The molecule has 2 heterocycles. The third kappa shape index (κ3) is 4.33. The Morgan fingerprint density at radius 2 is 2.00 bits per heavy atom. The van der Waals surface area contributed by atoms with E-state index in [4.69, 9.17) is 0 Å². The Labute approximate surface area is 155 Å². The lowest BCUT2D eigenvalue weighted by molar-refractivity contribution is -0.116. The minimum atomic E-state index is -0.0311. The van der Waals surface area contributed by atoms with Crippen LogP contribution in [0.3, 0.4) is 0 Å². The van der Waals surface area contributed by atoms with Crippen LogP contribution < -0.4 is 5.32 Å². The summed E-state index contributed by atoms with van der Waals surface area (Å²) in [5, 5.41) is 7.29. The molecule has 0 saturated heterocycles. The standard InChI is InChI=1S/C19H19BrN4O/c1-13-11-14(2)24(23-13)18-9-8-16(12-21-18)22-19(25)10-7-15-5-3-4-6-17(15)20/h3-6,8-9,11-12H,7,10H2,1-2H3,(H,22,25). The molecule has 0 aliphatic rings. The number of anilines is 1. The summed E-state index contributed by atoms with van der Waals surface area (Å²) in [4.78, 5) is 16.5. The molecule has 0 atom stereocenters. The van der Waals surface area contributed by atoms with E-state index in [9.17, 15) is 4.79 Å². The number of rotatable bonds is 5. The van der Waals surface area contributed by atoms with E-state index in [1.807, 2.05) is 56.3 Å². The number of pyridine rings is 1. The molecule has 6 heteroatoms. The summed E-state index contributed by atoms with van der Waals surface area (Å²) in [6, 6.07) is 13.6. The summed E-state index contributed by atoms with van der Waals surface area (Å²) in [6.45, 7) is 3.93. The van der Waals surface area contributed by atoms with E-state index in [2.05, 4.69) is 31.3 Å². The first-order valence-electron chi connectivity index (χ1n) is 8.06. The molecule has 25 heavy (non-hydrogen) atoms. The fourth-order valence-corrected chi connectivity index (χ4v) is 3.10. The van der Waals surface area contributed by atoms with Crippen LogP contribution in [0.2, 0.25) is 0 Å². The molecule has 0 radical (unpaired) electrons. The zero-order chi connectivity index (χ0) is 17.8. The molecule has 0 bridgehead atoms. The van der Waals surface area contributed by atoms with Gasteiger partial charge >= 0.3 is 0 Å². The van der Waals surface area contributed by atoms with Crippen LogP contribution in [-0.2, 0) is 11.2 Å². The van der Waals surface area contributed by atoms with Crippen molar-refractivity contribution < 1.29 is 4.79 Å². The summed E-state index contributed by atoms with van der Waals surface area (Å²) in [5.41, 5.74) is 3.78. The maximum absolute atomic E-state index is 12.1. The Hall–Kier alpha value is -2.47. The van der Waals surface area contributed by atoms with Crippen molar-refractivity contribution in [1.82, 2.24) is 14.8 Å². The first-order chi connectivity index (χ1) is 12.0. The average Bonchev–Trinajstić information content (AvgIpc) is 2.93. The van der Waals surface area contributed by atoms with Gasteiger partial charge < -0.3 is 5.32 Å². The average molecular weight is 399 g/mol. The molecule has 0 unspecified atom stereocenters. The van der Waals surface area contributed by atoms with E-state index in [0.717, 1.165) is 27.2 Å². The van der Waals surface area contributed by atoms with Gasteiger partial charge in [-0.3, -0.25) is 4.79 Å². The molecule has 1 N–H and O–H groups in total. The molecule has 0 aliphatic heterocycles. The Balaban J connectivity index is 1.60. The highest BCUT2D eigenvalue weighted by Gasteiger charge is 2.08. The molecule has 1 aromatic carbocycles. The maximum Gasteiger partial charge on any atom is 0.224 e. The molecule has 3 rings (SSSR count). The highest BCUT2D eigenvalue weighted by molar-refractivity contribution is 9.10. The van der Waals surface area contributed by atoms with Gasteiger partial charge in [0.2, 0.25) is 5.91 Å². The molecular formula is C19H19BrN4O. The SMILES string of the molecule is Cc1cc(C)n(-c2ccc(NC(=O)CCc3ccccc3Br)cn2)n1. The molecule has 1 amide bonds. The Morgan fingerprint density at radius 1 is 1.20 bits per heavy atom. The summed E-state index contributed by atoms with van der Waals surface area (Å²) in [7, 11) is 0. The van der Waals surface area contributed by atoms with Gasteiger partial charge in [-0.25, -0.2) is 9.67 Å². The van der Waals surface area contributed by atoms with Crippen LogP contribution in [0.15, 0.2) is 53.1 Å². The van der Waals surface area contributed by atoms with Gasteiger partial charge in [0.05, 0.1) is 17.6 Å². The molecule has 0 fully saturated rings. The van der Waals surface area contributed by atoms with Gasteiger partial charge in [0.1, 0.15) is 0 Å². The van der Waals surface area contributed by atoms with Crippen LogP contribution in [0.5, 0.6) is 0 Å². The topological polar surface area (TPSA) is 59.8 Å². The lowest BCUT2D eigenvalue weighted by Crippen LogP contribution is -2.13. The van der Waals surface area contributed by atoms with E-state index in [0.29, 0.717) is 18.5 Å². The van der Waals surface area contributed by atoms with E-state index < -0.39 is 0 Å². The third-order valence-corrected chi connectivity index (χ3v) is 4.61. The van der Waals surface area contributed by atoms with Crippen molar-refractivity contribution in [3.63, 3.8) is 0 Å². The second kappa shape index (κ2) is 7.61. The van der Waals surface area contributed by atoms with Gasteiger partial charge in [0.25, 0.3) is 0 Å². The number of nitrogens with zero attached hydrogens (tertiary/aromatic N) is 3. The van der Waals surface area contributed by atoms with Gasteiger partial charge in [-0.2, -0.15) is 5.10 Å². The lowest BCUT2D eigenvalue weighted by Gasteiger charge is -2.08. The highest BCUT2D eigenvalue weighted by atomic mass is 79.9. The van der Waals surface area contributed by atoms with Crippen molar-refractivity contribution in [3.05, 3.63) is 70.1 Å². The molecule has 0 saturated carbocycles. The van der Waals surface area contributed by atoms with Crippen molar-refractivity contribution in [2.75, 3.05) is 5.32 Å². The Morgan fingerprint density at radius 3 is 2.64 bits per heavy atom. The van der Waals surface area contributed by atoms with Crippen LogP contribution in [0.25, 0.3) is 5.82 Å². The normalized spacial score (nSPS) is 10.7. The summed E-state index contributed by atoms with van der Waals surface area (Å²) < 4.78 is 2.81. The summed E-state index contributed by atoms with van der Waals surface area (Å²) in [6.07, 6.45) is 2.76. The van der Waals surface area contributed by atoms with Crippen LogP contribution in [-0.4, -0.2) is 20.7 Å². The van der Waals surface area contributed by atoms with E-state index in [-0.39, 0.29) is 5.91 Å². The number of benzene rings is 1. The van der Waals surface area contributed by atoms with Crippen LogP contribution in [0.4, 0.5) is 5.69 Å². The van der Waals surface area contributed by atoms with E-state index in [1.165, 1.54) is 0 Å².